The molecule has 0 fully saturated rings. The molecule has 1 atom stereocenters. The molecule has 0 radical (unpaired) electrons. The van der Waals surface area contributed by atoms with E-state index in [0.29, 0.717) is 12.1 Å². The van der Waals surface area contributed by atoms with Gasteiger partial charge in [0.1, 0.15) is 5.76 Å². The summed E-state index contributed by atoms with van der Waals surface area (Å²) in [6, 6.07) is 7.75. The van der Waals surface area contributed by atoms with Gasteiger partial charge in [0.05, 0.1) is 17.9 Å². The Bertz CT molecular complexity index is 667. The highest BCUT2D eigenvalue weighted by atomic mass is 19.4. The minimum Gasteiger partial charge on any atom is -0.468 e. The second-order valence-corrected chi connectivity index (χ2v) is 5.75. The topological polar surface area (TPSA) is 57.5 Å². The molecule has 0 aliphatic rings. The molecule has 1 aromatic carbocycles. The Hall–Kier alpha value is -2.48. The van der Waals surface area contributed by atoms with Crippen LogP contribution in [-0.2, 0) is 12.7 Å². The summed E-state index contributed by atoms with van der Waals surface area (Å²) in [4.78, 5) is 13.8. The Kier molecular flexibility index (Phi) is 6.08. The number of hydrogen-bond donors (Lipinski definition) is 2. The zero-order valence-corrected chi connectivity index (χ0v) is 13.9. The second kappa shape index (κ2) is 8.06. The molecular formula is C17H20F3N3O2. The van der Waals surface area contributed by atoms with Crippen LogP contribution in [0, 0.1) is 0 Å². The number of furan rings is 1. The summed E-state index contributed by atoms with van der Waals surface area (Å²) in [5.74, 6) is 0.730. The van der Waals surface area contributed by atoms with Crippen LogP contribution in [0.15, 0.2) is 47.1 Å². The first-order valence-corrected chi connectivity index (χ1v) is 7.65. The number of likely N-dealkylation sites (N-methyl/N-ethyl adjacent to an activating group) is 1. The molecule has 0 aliphatic carbocycles. The lowest BCUT2D eigenvalue weighted by molar-refractivity contribution is -0.137. The summed E-state index contributed by atoms with van der Waals surface area (Å²) < 4.78 is 42.9. The van der Waals surface area contributed by atoms with E-state index < -0.39 is 17.8 Å². The summed E-state index contributed by atoms with van der Waals surface area (Å²) in [7, 11) is 3.74. The van der Waals surface area contributed by atoms with Crippen molar-refractivity contribution < 1.29 is 22.4 Å². The molecule has 5 nitrogen and oxygen atoms in total. The molecule has 25 heavy (non-hydrogen) atoms. The maximum absolute atomic E-state index is 12.5. The van der Waals surface area contributed by atoms with Gasteiger partial charge in [-0.05, 0) is 43.9 Å². The van der Waals surface area contributed by atoms with Crippen LogP contribution in [0.1, 0.15) is 22.9 Å². The van der Waals surface area contributed by atoms with Gasteiger partial charge in [0.25, 0.3) is 0 Å². The fourth-order valence-corrected chi connectivity index (χ4v) is 2.26. The van der Waals surface area contributed by atoms with Gasteiger partial charge in [-0.2, -0.15) is 13.2 Å². The van der Waals surface area contributed by atoms with E-state index in [4.69, 9.17) is 4.42 Å². The minimum absolute atomic E-state index is 0.119. The third-order valence-electron chi connectivity index (χ3n) is 3.69. The molecule has 0 aliphatic heterocycles. The minimum atomic E-state index is -4.36. The number of nitrogens with one attached hydrogen (secondary N) is 2. The molecule has 0 spiro atoms. The van der Waals surface area contributed by atoms with Crippen LogP contribution in [0.25, 0.3) is 0 Å². The van der Waals surface area contributed by atoms with E-state index >= 15 is 0 Å². The van der Waals surface area contributed by atoms with E-state index in [1.165, 1.54) is 12.1 Å². The fourth-order valence-electron chi connectivity index (χ4n) is 2.26. The molecule has 8 heteroatoms. The number of carbonyl (C=O) groups excluding carboxylic acids is 1. The predicted molar refractivity (Wildman–Crippen MR) is 86.8 cm³/mol. The number of carbonyl (C=O) groups is 1. The molecule has 0 saturated carbocycles. The molecule has 0 saturated heterocycles. The van der Waals surface area contributed by atoms with Crippen LogP contribution in [0.2, 0.25) is 0 Å². The maximum Gasteiger partial charge on any atom is 0.416 e. The standard InChI is InChI=1S/C17H20F3N3O2/c1-23(2)14(15-4-3-9-25-15)11-22-16(24)21-10-12-5-7-13(8-6-12)17(18,19)20/h3-9,14H,10-11H2,1-2H3,(H2,21,22,24). The number of rotatable bonds is 6. The Morgan fingerprint density at radius 2 is 1.84 bits per heavy atom. The normalized spacial score (nSPS) is 12.9. The van der Waals surface area contributed by atoms with Crippen molar-refractivity contribution in [3.8, 4) is 0 Å². The van der Waals surface area contributed by atoms with Gasteiger partial charge >= 0.3 is 12.2 Å². The molecule has 2 N–H and O–H groups in total. The van der Waals surface area contributed by atoms with Gasteiger partial charge in [0, 0.05) is 13.1 Å². The first kappa shape index (κ1) is 18.9. The largest absolute Gasteiger partial charge is 0.468 e. The van der Waals surface area contributed by atoms with E-state index in [1.807, 2.05) is 25.1 Å². The van der Waals surface area contributed by atoms with E-state index in [2.05, 4.69) is 10.6 Å². The van der Waals surface area contributed by atoms with Crippen LogP contribution < -0.4 is 10.6 Å². The molecule has 2 rings (SSSR count). The molecule has 1 heterocycles. The lowest BCUT2D eigenvalue weighted by Crippen LogP contribution is -2.40. The molecular weight excluding hydrogens is 335 g/mol. The zero-order chi connectivity index (χ0) is 18.4. The summed E-state index contributed by atoms with van der Waals surface area (Å²) in [5.41, 5.74) is -0.133. The van der Waals surface area contributed by atoms with Crippen LogP contribution in [0.4, 0.5) is 18.0 Å². The average molecular weight is 355 g/mol. The van der Waals surface area contributed by atoms with Gasteiger partial charge in [-0.3, -0.25) is 4.90 Å². The number of urea groups is 1. The van der Waals surface area contributed by atoms with Crippen molar-refractivity contribution in [2.24, 2.45) is 0 Å². The van der Waals surface area contributed by atoms with E-state index in [0.717, 1.165) is 17.9 Å². The van der Waals surface area contributed by atoms with E-state index in [9.17, 15) is 18.0 Å². The number of benzene rings is 1. The van der Waals surface area contributed by atoms with Gasteiger partial charge in [0.2, 0.25) is 0 Å². The van der Waals surface area contributed by atoms with E-state index in [1.54, 1.807) is 12.3 Å². The molecule has 2 amide bonds. The van der Waals surface area contributed by atoms with Crippen LogP contribution in [0.3, 0.4) is 0 Å². The van der Waals surface area contributed by atoms with Gasteiger partial charge in [-0.25, -0.2) is 4.79 Å². The average Bonchev–Trinajstić information content (AvgIpc) is 3.06. The Balaban J connectivity index is 1.82. The van der Waals surface area contributed by atoms with Crippen molar-refractivity contribution in [1.82, 2.24) is 15.5 Å². The summed E-state index contributed by atoms with van der Waals surface area (Å²) in [5, 5.41) is 5.34. The highest BCUT2D eigenvalue weighted by molar-refractivity contribution is 5.73. The highest BCUT2D eigenvalue weighted by Gasteiger charge is 2.29. The summed E-state index contributed by atoms with van der Waals surface area (Å²) in [6.45, 7) is 0.469. The Morgan fingerprint density at radius 3 is 2.36 bits per heavy atom. The zero-order valence-electron chi connectivity index (χ0n) is 13.9. The Labute approximate surface area is 143 Å². The summed E-state index contributed by atoms with van der Waals surface area (Å²) in [6.07, 6.45) is -2.80. The fraction of sp³-hybridized carbons (Fsp3) is 0.353. The van der Waals surface area contributed by atoms with Crippen molar-refractivity contribution >= 4 is 6.03 Å². The van der Waals surface area contributed by atoms with Crippen molar-refractivity contribution in [2.75, 3.05) is 20.6 Å². The van der Waals surface area contributed by atoms with Gasteiger partial charge < -0.3 is 15.1 Å². The first-order chi connectivity index (χ1) is 11.8. The molecule has 1 aromatic heterocycles. The van der Waals surface area contributed by atoms with Crippen molar-refractivity contribution in [2.45, 2.75) is 18.8 Å². The highest BCUT2D eigenvalue weighted by Crippen LogP contribution is 2.29. The second-order valence-electron chi connectivity index (χ2n) is 5.75. The van der Waals surface area contributed by atoms with Crippen molar-refractivity contribution in [3.05, 3.63) is 59.5 Å². The van der Waals surface area contributed by atoms with Gasteiger partial charge in [-0.15, -0.1) is 0 Å². The molecule has 136 valence electrons. The van der Waals surface area contributed by atoms with Gasteiger partial charge in [-0.1, -0.05) is 12.1 Å². The third kappa shape index (κ3) is 5.53. The number of halogens is 3. The number of nitrogens with zero attached hydrogens (tertiary/aromatic N) is 1. The first-order valence-electron chi connectivity index (χ1n) is 7.65. The predicted octanol–water partition coefficient (Wildman–Crippen LogP) is 3.40. The molecule has 1 unspecified atom stereocenters. The van der Waals surface area contributed by atoms with Crippen LogP contribution in [0.5, 0.6) is 0 Å². The van der Waals surface area contributed by atoms with Crippen LogP contribution >= 0.6 is 0 Å². The quantitative estimate of drug-likeness (QED) is 0.835. The lowest BCUT2D eigenvalue weighted by atomic mass is 10.1. The number of hydrogen-bond acceptors (Lipinski definition) is 3. The maximum atomic E-state index is 12.5. The van der Waals surface area contributed by atoms with Crippen molar-refractivity contribution in [1.29, 1.82) is 0 Å². The third-order valence-corrected chi connectivity index (χ3v) is 3.69. The Morgan fingerprint density at radius 1 is 1.16 bits per heavy atom. The SMILES string of the molecule is CN(C)C(CNC(=O)NCc1ccc(C(F)(F)F)cc1)c1ccco1. The molecule has 2 aromatic rings. The smallest absolute Gasteiger partial charge is 0.416 e. The summed E-state index contributed by atoms with van der Waals surface area (Å²) >= 11 is 0. The number of amides is 2. The number of alkyl halides is 3. The lowest BCUT2D eigenvalue weighted by Gasteiger charge is -2.22. The van der Waals surface area contributed by atoms with E-state index in [-0.39, 0.29) is 12.6 Å². The van der Waals surface area contributed by atoms with Gasteiger partial charge in [0.15, 0.2) is 0 Å². The monoisotopic (exact) mass is 355 g/mol. The molecule has 0 bridgehead atoms. The van der Waals surface area contributed by atoms with Crippen molar-refractivity contribution in [3.63, 3.8) is 0 Å². The van der Waals surface area contributed by atoms with Crippen LogP contribution in [-0.4, -0.2) is 31.6 Å².